The fourth-order valence-electron chi connectivity index (χ4n) is 3.14. The van der Waals surface area contributed by atoms with Crippen molar-refractivity contribution in [2.24, 2.45) is 0 Å². The average Bonchev–Trinajstić information content (AvgIpc) is 3.46. The van der Waals surface area contributed by atoms with Gasteiger partial charge < -0.3 is 14.5 Å². The Kier molecular flexibility index (Phi) is 7.24. The summed E-state index contributed by atoms with van der Waals surface area (Å²) in [6.45, 7) is 3.44. The Morgan fingerprint density at radius 1 is 1.09 bits per heavy atom. The molecule has 1 amide bonds. The molecule has 2 aromatic heterocycles. The normalized spacial score (nSPS) is 10.8. The lowest BCUT2D eigenvalue weighted by Crippen LogP contribution is -2.29. The van der Waals surface area contributed by atoms with E-state index >= 15 is 0 Å². The van der Waals surface area contributed by atoms with E-state index in [1.807, 2.05) is 78.2 Å². The third-order valence-electron chi connectivity index (χ3n) is 4.66. The van der Waals surface area contributed by atoms with Crippen LogP contribution in [-0.4, -0.2) is 39.6 Å². The molecular weight excluding hydrogens is 424 g/mol. The minimum atomic E-state index is -0.0864. The SMILES string of the molecule is Cc1cccc(OCCNC(=O)CSc2nnc(-c3ccco3)n2Cc2ccccc2)c1. The maximum Gasteiger partial charge on any atom is 0.230 e. The van der Waals surface area contributed by atoms with Crippen LogP contribution in [0.15, 0.2) is 82.6 Å². The molecule has 4 aromatic rings. The Balaban J connectivity index is 1.33. The first-order valence-electron chi connectivity index (χ1n) is 10.3. The van der Waals surface area contributed by atoms with E-state index in [0.29, 0.717) is 36.4 Å². The van der Waals surface area contributed by atoms with Gasteiger partial charge in [0.05, 0.1) is 25.1 Å². The Hall–Kier alpha value is -3.52. The fraction of sp³-hybridized carbons (Fsp3) is 0.208. The zero-order chi connectivity index (χ0) is 22.2. The number of carbonyl (C=O) groups is 1. The summed E-state index contributed by atoms with van der Waals surface area (Å²) in [5.41, 5.74) is 2.25. The summed E-state index contributed by atoms with van der Waals surface area (Å²) in [6.07, 6.45) is 1.61. The molecule has 0 spiro atoms. The first-order valence-corrected chi connectivity index (χ1v) is 11.3. The van der Waals surface area contributed by atoms with Crippen molar-refractivity contribution < 1.29 is 13.9 Å². The highest BCUT2D eigenvalue weighted by atomic mass is 32.2. The van der Waals surface area contributed by atoms with E-state index in [-0.39, 0.29) is 11.7 Å². The largest absolute Gasteiger partial charge is 0.492 e. The molecule has 0 atom stereocenters. The molecule has 1 N–H and O–H groups in total. The minimum absolute atomic E-state index is 0.0864. The maximum atomic E-state index is 12.3. The molecule has 0 saturated heterocycles. The lowest BCUT2D eigenvalue weighted by atomic mass is 10.2. The molecule has 0 aliphatic carbocycles. The van der Waals surface area contributed by atoms with Gasteiger partial charge in [-0.1, -0.05) is 54.2 Å². The van der Waals surface area contributed by atoms with Crippen LogP contribution in [0.1, 0.15) is 11.1 Å². The van der Waals surface area contributed by atoms with Gasteiger partial charge in [0.25, 0.3) is 0 Å². The van der Waals surface area contributed by atoms with E-state index in [9.17, 15) is 4.79 Å². The number of carbonyl (C=O) groups excluding carboxylic acids is 1. The second-order valence-electron chi connectivity index (χ2n) is 7.16. The zero-order valence-corrected chi connectivity index (χ0v) is 18.5. The Morgan fingerprint density at radius 2 is 1.97 bits per heavy atom. The summed E-state index contributed by atoms with van der Waals surface area (Å²) in [5, 5.41) is 12.1. The van der Waals surface area contributed by atoms with Crippen molar-refractivity contribution in [2.45, 2.75) is 18.6 Å². The smallest absolute Gasteiger partial charge is 0.230 e. The van der Waals surface area contributed by atoms with Gasteiger partial charge in [0.2, 0.25) is 11.7 Å². The average molecular weight is 449 g/mol. The van der Waals surface area contributed by atoms with E-state index in [0.717, 1.165) is 16.9 Å². The molecule has 4 rings (SSSR count). The number of hydrogen-bond acceptors (Lipinski definition) is 6. The van der Waals surface area contributed by atoms with Gasteiger partial charge in [-0.2, -0.15) is 0 Å². The van der Waals surface area contributed by atoms with Crippen LogP contribution < -0.4 is 10.1 Å². The lowest BCUT2D eigenvalue weighted by Gasteiger charge is -2.10. The van der Waals surface area contributed by atoms with Crippen molar-refractivity contribution in [3.8, 4) is 17.3 Å². The molecule has 0 radical (unpaired) electrons. The van der Waals surface area contributed by atoms with Crippen molar-refractivity contribution in [1.29, 1.82) is 0 Å². The molecule has 0 unspecified atom stereocenters. The predicted octanol–water partition coefficient (Wildman–Crippen LogP) is 4.18. The van der Waals surface area contributed by atoms with Gasteiger partial charge in [0.15, 0.2) is 10.9 Å². The molecule has 8 heteroatoms. The van der Waals surface area contributed by atoms with E-state index in [4.69, 9.17) is 9.15 Å². The van der Waals surface area contributed by atoms with Crippen LogP contribution in [0.4, 0.5) is 0 Å². The molecule has 2 aromatic carbocycles. The maximum absolute atomic E-state index is 12.3. The molecule has 0 saturated carbocycles. The monoisotopic (exact) mass is 448 g/mol. The van der Waals surface area contributed by atoms with Crippen molar-refractivity contribution in [3.05, 3.63) is 84.1 Å². The topological polar surface area (TPSA) is 82.2 Å². The number of hydrogen-bond donors (Lipinski definition) is 1. The fourth-order valence-corrected chi connectivity index (χ4v) is 3.91. The molecule has 0 aliphatic rings. The molecule has 164 valence electrons. The van der Waals surface area contributed by atoms with Crippen molar-refractivity contribution in [2.75, 3.05) is 18.9 Å². The number of thioether (sulfide) groups is 1. The predicted molar refractivity (Wildman–Crippen MR) is 124 cm³/mol. The Labute approximate surface area is 190 Å². The first kappa shape index (κ1) is 21.7. The van der Waals surface area contributed by atoms with Crippen LogP contribution in [0.2, 0.25) is 0 Å². The first-order chi connectivity index (χ1) is 15.7. The number of nitrogens with zero attached hydrogens (tertiary/aromatic N) is 3. The van der Waals surface area contributed by atoms with Crippen molar-refractivity contribution >= 4 is 17.7 Å². The summed E-state index contributed by atoms with van der Waals surface area (Å²) in [6, 6.07) is 21.5. The third kappa shape index (κ3) is 5.79. The van der Waals surface area contributed by atoms with Crippen LogP contribution in [-0.2, 0) is 11.3 Å². The molecule has 32 heavy (non-hydrogen) atoms. The van der Waals surface area contributed by atoms with E-state index in [1.54, 1.807) is 6.26 Å². The summed E-state index contributed by atoms with van der Waals surface area (Å²) in [7, 11) is 0. The van der Waals surface area contributed by atoms with Crippen LogP contribution in [0.3, 0.4) is 0 Å². The van der Waals surface area contributed by atoms with Crippen molar-refractivity contribution in [1.82, 2.24) is 20.1 Å². The summed E-state index contributed by atoms with van der Waals surface area (Å²) in [4.78, 5) is 12.3. The minimum Gasteiger partial charge on any atom is -0.492 e. The molecule has 0 fully saturated rings. The number of ether oxygens (including phenoxy) is 1. The number of nitrogens with one attached hydrogen (secondary N) is 1. The van der Waals surface area contributed by atoms with Gasteiger partial charge in [-0.05, 0) is 42.3 Å². The molecule has 0 aliphatic heterocycles. The van der Waals surface area contributed by atoms with Crippen LogP contribution >= 0.6 is 11.8 Å². The standard InChI is InChI=1S/C24H24N4O3S/c1-18-7-5-10-20(15-18)30-14-12-25-22(29)17-32-24-27-26-23(21-11-6-13-31-21)28(24)16-19-8-3-2-4-9-19/h2-11,13,15H,12,14,16-17H2,1H3,(H,25,29). The number of rotatable bonds is 10. The van der Waals surface area contributed by atoms with Gasteiger partial charge in [-0.3, -0.25) is 9.36 Å². The summed E-state index contributed by atoms with van der Waals surface area (Å²) >= 11 is 1.34. The van der Waals surface area contributed by atoms with Crippen LogP contribution in [0.25, 0.3) is 11.6 Å². The van der Waals surface area contributed by atoms with E-state index in [2.05, 4.69) is 15.5 Å². The Bertz CT molecular complexity index is 1140. The quantitative estimate of drug-likeness (QED) is 0.289. The highest BCUT2D eigenvalue weighted by molar-refractivity contribution is 7.99. The van der Waals surface area contributed by atoms with E-state index in [1.165, 1.54) is 11.8 Å². The zero-order valence-electron chi connectivity index (χ0n) is 17.7. The highest BCUT2D eigenvalue weighted by Gasteiger charge is 2.17. The number of aromatic nitrogens is 3. The second kappa shape index (κ2) is 10.7. The number of furan rings is 1. The van der Waals surface area contributed by atoms with Crippen molar-refractivity contribution in [3.63, 3.8) is 0 Å². The second-order valence-corrected chi connectivity index (χ2v) is 8.10. The van der Waals surface area contributed by atoms with Gasteiger partial charge in [-0.25, -0.2) is 0 Å². The van der Waals surface area contributed by atoms with Crippen LogP contribution in [0, 0.1) is 6.92 Å². The van der Waals surface area contributed by atoms with Gasteiger partial charge in [-0.15, -0.1) is 10.2 Å². The lowest BCUT2D eigenvalue weighted by molar-refractivity contribution is -0.118. The van der Waals surface area contributed by atoms with Gasteiger partial charge in [0.1, 0.15) is 12.4 Å². The number of amides is 1. The molecule has 0 bridgehead atoms. The number of aryl methyl sites for hydroxylation is 1. The summed E-state index contributed by atoms with van der Waals surface area (Å²) < 4.78 is 13.2. The number of benzene rings is 2. The highest BCUT2D eigenvalue weighted by Crippen LogP contribution is 2.25. The van der Waals surface area contributed by atoms with E-state index < -0.39 is 0 Å². The third-order valence-corrected chi connectivity index (χ3v) is 5.62. The van der Waals surface area contributed by atoms with Gasteiger partial charge in [0, 0.05) is 0 Å². The molecular formula is C24H24N4O3S. The molecule has 7 nitrogen and oxygen atoms in total. The van der Waals surface area contributed by atoms with Crippen LogP contribution in [0.5, 0.6) is 5.75 Å². The van der Waals surface area contributed by atoms with Gasteiger partial charge >= 0.3 is 0 Å². The molecule has 2 heterocycles. The summed E-state index contributed by atoms with van der Waals surface area (Å²) in [5.74, 6) is 2.21. The Morgan fingerprint density at radius 3 is 2.75 bits per heavy atom.